The summed E-state index contributed by atoms with van der Waals surface area (Å²) in [4.78, 5) is 7.88. The van der Waals surface area contributed by atoms with Crippen LogP contribution in [-0.4, -0.2) is 35.7 Å². The van der Waals surface area contributed by atoms with Crippen molar-refractivity contribution >= 4 is 40.8 Å². The molecule has 0 fully saturated rings. The summed E-state index contributed by atoms with van der Waals surface area (Å²) >= 11 is 0. The highest BCUT2D eigenvalue weighted by atomic mass is 127. The molecule has 0 spiro atoms. The van der Waals surface area contributed by atoms with Gasteiger partial charge in [0.15, 0.2) is 5.96 Å². The lowest BCUT2D eigenvalue weighted by molar-refractivity contribution is 0.0437. The van der Waals surface area contributed by atoms with E-state index in [1.54, 1.807) is 25.3 Å². The minimum Gasteiger partial charge on any atom is -0.466 e. The number of nitrogens with one attached hydrogen (secondary N) is 3. The second-order valence-corrected chi connectivity index (χ2v) is 6.93. The molecule has 0 bridgehead atoms. The maximum absolute atomic E-state index is 10.6. The Bertz CT molecular complexity index is 900. The van der Waals surface area contributed by atoms with Crippen molar-refractivity contribution < 1.29 is 9.52 Å². The molecule has 152 valence electrons. The molecule has 28 heavy (non-hydrogen) atoms. The summed E-state index contributed by atoms with van der Waals surface area (Å²) < 4.78 is 5.31. The van der Waals surface area contributed by atoms with Crippen molar-refractivity contribution in [1.29, 1.82) is 0 Å². The van der Waals surface area contributed by atoms with Gasteiger partial charge in [-0.1, -0.05) is 18.2 Å². The van der Waals surface area contributed by atoms with Crippen LogP contribution in [0.25, 0.3) is 10.9 Å². The fraction of sp³-hybridized carbons (Fsp3) is 0.381. The standard InChI is InChI=1S/C21H28N4O2.HI/c1-4-22-20(25-14-21(3,26)18-9-6-12-27-18)23-11-10-16-13-24-19-15(2)7-5-8-17(16)19;/h5-9,12-13,24,26H,4,10-11,14H2,1-3H3,(H2,22,23,25);1H. The van der Waals surface area contributed by atoms with E-state index in [9.17, 15) is 5.11 Å². The number of H-pyrrole nitrogens is 1. The van der Waals surface area contributed by atoms with Crippen molar-refractivity contribution in [3.63, 3.8) is 0 Å². The largest absolute Gasteiger partial charge is 0.466 e. The minimum absolute atomic E-state index is 0. The number of aromatic nitrogens is 1. The Kier molecular flexibility index (Phi) is 7.94. The van der Waals surface area contributed by atoms with E-state index in [1.165, 1.54) is 22.0 Å². The average molecular weight is 496 g/mol. The maximum Gasteiger partial charge on any atom is 0.191 e. The van der Waals surface area contributed by atoms with Crippen molar-refractivity contribution in [3.05, 3.63) is 59.7 Å². The zero-order valence-electron chi connectivity index (χ0n) is 16.6. The highest BCUT2D eigenvalue weighted by Gasteiger charge is 2.26. The second-order valence-electron chi connectivity index (χ2n) is 6.93. The van der Waals surface area contributed by atoms with Gasteiger partial charge in [0, 0.05) is 30.2 Å². The van der Waals surface area contributed by atoms with Gasteiger partial charge in [-0.2, -0.15) is 0 Å². The lowest BCUT2D eigenvalue weighted by Gasteiger charge is -2.19. The summed E-state index contributed by atoms with van der Waals surface area (Å²) in [5.41, 5.74) is 2.59. The molecule has 0 saturated carbocycles. The molecule has 1 atom stereocenters. The predicted octanol–water partition coefficient (Wildman–Crippen LogP) is 3.69. The predicted molar refractivity (Wildman–Crippen MR) is 124 cm³/mol. The molecule has 0 aliphatic rings. The summed E-state index contributed by atoms with van der Waals surface area (Å²) in [5.74, 6) is 1.19. The van der Waals surface area contributed by atoms with Crippen molar-refractivity contribution in [2.24, 2.45) is 4.99 Å². The highest BCUT2D eigenvalue weighted by molar-refractivity contribution is 14.0. The number of aromatic amines is 1. The second kappa shape index (κ2) is 9.97. The monoisotopic (exact) mass is 496 g/mol. The zero-order chi connectivity index (χ0) is 19.3. The number of rotatable bonds is 7. The number of aliphatic imine (C=N–C) groups is 1. The quantitative estimate of drug-likeness (QED) is 0.228. The topological polar surface area (TPSA) is 85.6 Å². The fourth-order valence-electron chi connectivity index (χ4n) is 3.12. The molecule has 6 nitrogen and oxygen atoms in total. The summed E-state index contributed by atoms with van der Waals surface area (Å²) in [6.07, 6.45) is 4.51. The number of aryl methyl sites for hydroxylation is 1. The van der Waals surface area contributed by atoms with Crippen LogP contribution in [0.1, 0.15) is 30.7 Å². The number of hydrogen-bond acceptors (Lipinski definition) is 3. The van der Waals surface area contributed by atoms with Gasteiger partial charge in [0.05, 0.1) is 12.8 Å². The Labute approximate surface area is 182 Å². The number of benzene rings is 1. The lowest BCUT2D eigenvalue weighted by atomic mass is 10.0. The van der Waals surface area contributed by atoms with Gasteiger partial charge in [0.1, 0.15) is 11.4 Å². The third-order valence-corrected chi connectivity index (χ3v) is 4.64. The summed E-state index contributed by atoms with van der Waals surface area (Å²) in [5, 5.41) is 18.4. The molecule has 7 heteroatoms. The fourth-order valence-corrected chi connectivity index (χ4v) is 3.12. The Morgan fingerprint density at radius 1 is 1.25 bits per heavy atom. The van der Waals surface area contributed by atoms with Crippen LogP contribution in [0.4, 0.5) is 0 Å². The first kappa shape index (κ1) is 22.3. The Hall–Kier alpha value is -2.00. The van der Waals surface area contributed by atoms with Crippen molar-refractivity contribution in [2.45, 2.75) is 32.8 Å². The third kappa shape index (κ3) is 5.29. The Morgan fingerprint density at radius 3 is 2.79 bits per heavy atom. The van der Waals surface area contributed by atoms with E-state index in [2.05, 4.69) is 51.9 Å². The van der Waals surface area contributed by atoms with E-state index in [0.717, 1.165) is 19.5 Å². The molecule has 4 N–H and O–H groups in total. The van der Waals surface area contributed by atoms with Crippen molar-refractivity contribution in [3.8, 4) is 0 Å². The first-order chi connectivity index (χ1) is 13.0. The number of nitrogens with zero attached hydrogens (tertiary/aromatic N) is 1. The molecule has 0 aliphatic heterocycles. The molecule has 0 radical (unpaired) electrons. The number of hydrogen-bond donors (Lipinski definition) is 4. The Balaban J connectivity index is 0.00000280. The molecule has 3 rings (SSSR count). The van der Waals surface area contributed by atoms with Gasteiger partial charge in [-0.05, 0) is 50.5 Å². The third-order valence-electron chi connectivity index (χ3n) is 4.64. The molecule has 2 heterocycles. The normalized spacial score (nSPS) is 13.8. The smallest absolute Gasteiger partial charge is 0.191 e. The van der Waals surface area contributed by atoms with Gasteiger partial charge in [0.25, 0.3) is 0 Å². The summed E-state index contributed by atoms with van der Waals surface area (Å²) in [7, 11) is 0. The number of fused-ring (bicyclic) bond motifs is 1. The molecule has 0 amide bonds. The van der Waals surface area contributed by atoms with Gasteiger partial charge >= 0.3 is 0 Å². The number of furan rings is 1. The van der Waals surface area contributed by atoms with Gasteiger partial charge < -0.3 is 25.1 Å². The van der Waals surface area contributed by atoms with E-state index < -0.39 is 5.60 Å². The van der Waals surface area contributed by atoms with E-state index in [4.69, 9.17) is 4.42 Å². The Morgan fingerprint density at radius 2 is 2.07 bits per heavy atom. The van der Waals surface area contributed by atoms with E-state index in [-0.39, 0.29) is 30.5 Å². The number of para-hydroxylation sites is 1. The molecule has 2 aromatic heterocycles. The summed E-state index contributed by atoms with van der Waals surface area (Å²) in [6.45, 7) is 7.54. The number of guanidine groups is 1. The average Bonchev–Trinajstić information content (AvgIpc) is 3.31. The first-order valence-electron chi connectivity index (χ1n) is 9.35. The molecule has 1 aromatic carbocycles. The molecule has 1 unspecified atom stereocenters. The van der Waals surface area contributed by atoms with E-state index >= 15 is 0 Å². The van der Waals surface area contributed by atoms with E-state index in [1.807, 2.05) is 6.92 Å². The van der Waals surface area contributed by atoms with Crippen LogP contribution in [0.2, 0.25) is 0 Å². The first-order valence-corrected chi connectivity index (χ1v) is 9.35. The van der Waals surface area contributed by atoms with Crippen LogP contribution >= 0.6 is 24.0 Å². The molecule has 0 aliphatic carbocycles. The number of halogens is 1. The highest BCUT2D eigenvalue weighted by Crippen LogP contribution is 2.22. The van der Waals surface area contributed by atoms with E-state index in [0.29, 0.717) is 11.7 Å². The SMILES string of the molecule is CCNC(=NCC(C)(O)c1ccco1)NCCc1c[nH]c2c(C)cccc12.I. The number of aliphatic hydroxyl groups is 1. The molecular weight excluding hydrogens is 467 g/mol. The van der Waals surface area contributed by atoms with Crippen molar-refractivity contribution in [2.75, 3.05) is 19.6 Å². The van der Waals surface area contributed by atoms with Crippen LogP contribution in [0.5, 0.6) is 0 Å². The van der Waals surface area contributed by atoms with Gasteiger partial charge in [-0.25, -0.2) is 4.99 Å². The van der Waals surface area contributed by atoms with Crippen LogP contribution in [-0.2, 0) is 12.0 Å². The van der Waals surface area contributed by atoms with Crippen molar-refractivity contribution in [1.82, 2.24) is 15.6 Å². The maximum atomic E-state index is 10.6. The van der Waals surface area contributed by atoms with Crippen LogP contribution in [0.3, 0.4) is 0 Å². The van der Waals surface area contributed by atoms with Gasteiger partial charge in [-0.3, -0.25) is 0 Å². The van der Waals surface area contributed by atoms with Crippen LogP contribution < -0.4 is 10.6 Å². The summed E-state index contributed by atoms with van der Waals surface area (Å²) in [6, 6.07) is 9.87. The molecular formula is C21H29IN4O2. The molecule has 0 saturated heterocycles. The molecule has 3 aromatic rings. The van der Waals surface area contributed by atoms with Gasteiger partial charge in [0.2, 0.25) is 0 Å². The van der Waals surface area contributed by atoms with Crippen LogP contribution in [0.15, 0.2) is 52.2 Å². The minimum atomic E-state index is -1.14. The van der Waals surface area contributed by atoms with Gasteiger partial charge in [-0.15, -0.1) is 24.0 Å². The lowest BCUT2D eigenvalue weighted by Crippen LogP contribution is -2.39. The van der Waals surface area contributed by atoms with Crippen LogP contribution in [0, 0.1) is 6.92 Å². The zero-order valence-corrected chi connectivity index (χ0v) is 18.9.